The van der Waals surface area contributed by atoms with Gasteiger partial charge >= 0.3 is 0 Å². The van der Waals surface area contributed by atoms with E-state index in [1.807, 2.05) is 31.5 Å². The molecule has 2 aliphatic rings. The molecule has 2 aliphatic heterocycles. The van der Waals surface area contributed by atoms with Gasteiger partial charge in [0.2, 0.25) is 5.95 Å². The Balaban J connectivity index is 0.00000336. The van der Waals surface area contributed by atoms with Crippen LogP contribution in [0.4, 0.5) is 23.1 Å². The van der Waals surface area contributed by atoms with Gasteiger partial charge in [-0.05, 0) is 62.2 Å². The smallest absolute Gasteiger partial charge is 0.229 e. The van der Waals surface area contributed by atoms with E-state index >= 15 is 0 Å². The van der Waals surface area contributed by atoms with Crippen molar-refractivity contribution in [3.05, 3.63) is 52.7 Å². The minimum Gasteiger partial charge on any atom is -0.495 e. The van der Waals surface area contributed by atoms with Crippen LogP contribution in [0.3, 0.4) is 0 Å². The van der Waals surface area contributed by atoms with Crippen LogP contribution in [0, 0.1) is 0 Å². The van der Waals surface area contributed by atoms with Gasteiger partial charge in [-0.15, -0.1) is 0 Å². The molecule has 3 heterocycles. The van der Waals surface area contributed by atoms with Crippen molar-refractivity contribution < 1.29 is 18.7 Å². The molecule has 204 valence electrons. The first-order valence-electron chi connectivity index (χ1n) is 12.1. The highest BCUT2D eigenvalue weighted by Crippen LogP contribution is 2.40. The van der Waals surface area contributed by atoms with E-state index in [1.54, 1.807) is 13.3 Å². The van der Waals surface area contributed by atoms with Gasteiger partial charge in [-0.25, -0.2) is 4.98 Å². The number of benzene rings is 2. The number of hydrogen-bond acceptors (Lipinski definition) is 9. The Hall–Kier alpha value is -2.41. The summed E-state index contributed by atoms with van der Waals surface area (Å²) in [4.78, 5) is 11.3. The first-order valence-corrected chi connectivity index (χ1v) is 14.6. The summed E-state index contributed by atoms with van der Waals surface area (Å²) in [6, 6.07) is 9.88. The van der Waals surface area contributed by atoms with Crippen LogP contribution in [-0.4, -0.2) is 68.2 Å². The van der Waals surface area contributed by atoms with E-state index in [0.717, 1.165) is 42.4 Å². The summed E-state index contributed by atoms with van der Waals surface area (Å²) in [5, 5.41) is 7.00. The zero-order valence-electron chi connectivity index (χ0n) is 22.1. The maximum Gasteiger partial charge on any atom is 0.229 e. The number of fused-ring (bicyclic) bond motifs is 1. The molecular formula is C26H34ClN5O4P2. The molecule has 3 aromatic rings. The molecule has 0 saturated carbocycles. The molecule has 1 aromatic heterocycles. The van der Waals surface area contributed by atoms with Crippen molar-refractivity contribution >= 4 is 52.8 Å². The topological polar surface area (TPSA) is 90.0 Å². The molecule has 5 rings (SSSR count). The number of likely N-dealkylation sites (N-methyl/N-ethyl adjacent to an activating group) is 1. The number of aromatic nitrogens is 2. The molecule has 0 bridgehead atoms. The van der Waals surface area contributed by atoms with Crippen LogP contribution in [0.25, 0.3) is 0 Å². The molecule has 2 N–H and O–H groups in total. The number of nitrogens with one attached hydrogen (secondary N) is 2. The summed E-state index contributed by atoms with van der Waals surface area (Å²) < 4.78 is 22.9. The Bertz CT molecular complexity index is 1280. The summed E-state index contributed by atoms with van der Waals surface area (Å²) in [5.74, 6) is 3.00. The summed E-state index contributed by atoms with van der Waals surface area (Å²) in [6.07, 6.45) is 2.63. The van der Waals surface area contributed by atoms with Gasteiger partial charge in [-0.3, -0.25) is 0 Å². The molecule has 1 saturated heterocycles. The van der Waals surface area contributed by atoms with Gasteiger partial charge < -0.3 is 34.3 Å². The Morgan fingerprint density at radius 3 is 2.61 bits per heavy atom. The average molecular weight is 578 g/mol. The minimum atomic E-state index is -0.666. The number of anilines is 4. The monoisotopic (exact) mass is 577 g/mol. The molecule has 0 spiro atoms. The van der Waals surface area contributed by atoms with Crippen LogP contribution in [0.5, 0.6) is 17.2 Å². The van der Waals surface area contributed by atoms with Gasteiger partial charge in [-0.2, -0.15) is 14.9 Å². The van der Waals surface area contributed by atoms with E-state index in [-0.39, 0.29) is 16.0 Å². The lowest BCUT2D eigenvalue weighted by Crippen LogP contribution is -2.38. The lowest BCUT2D eigenvalue weighted by Gasteiger charge is -2.27. The van der Waals surface area contributed by atoms with Crippen molar-refractivity contribution in [3.63, 3.8) is 0 Å². The van der Waals surface area contributed by atoms with Gasteiger partial charge in [0.1, 0.15) is 28.4 Å². The van der Waals surface area contributed by atoms with E-state index in [0.29, 0.717) is 35.8 Å². The normalized spacial score (nSPS) is 15.2. The lowest BCUT2D eigenvalue weighted by molar-refractivity contribution is -0.0797. The van der Waals surface area contributed by atoms with E-state index in [1.165, 1.54) is 11.1 Å². The summed E-state index contributed by atoms with van der Waals surface area (Å²) >= 11 is 6.48. The number of hydrogen-bond donors (Lipinski definition) is 2. The largest absolute Gasteiger partial charge is 0.495 e. The van der Waals surface area contributed by atoms with Gasteiger partial charge in [0.15, 0.2) is 5.82 Å². The van der Waals surface area contributed by atoms with Crippen LogP contribution in [-0.2, 0) is 17.7 Å². The van der Waals surface area contributed by atoms with Gasteiger partial charge in [0.05, 0.1) is 46.0 Å². The molecule has 1 fully saturated rings. The van der Waals surface area contributed by atoms with Gasteiger partial charge in [0, 0.05) is 19.2 Å². The van der Waals surface area contributed by atoms with Crippen molar-refractivity contribution in [1.29, 1.82) is 0 Å². The van der Waals surface area contributed by atoms with E-state index in [2.05, 4.69) is 44.7 Å². The average Bonchev–Trinajstić information content (AvgIpc) is 2.84. The molecular weight excluding hydrogens is 544 g/mol. The van der Waals surface area contributed by atoms with Crippen LogP contribution in [0.1, 0.15) is 11.1 Å². The second kappa shape index (κ2) is 12.6. The van der Waals surface area contributed by atoms with E-state index < -0.39 is 8.15 Å². The molecule has 9 nitrogen and oxygen atoms in total. The number of ether oxygens (including phenoxy) is 3. The highest BCUT2D eigenvalue weighted by atomic mass is 35.5. The third-order valence-corrected chi connectivity index (χ3v) is 6.95. The minimum absolute atomic E-state index is 0. The van der Waals surface area contributed by atoms with Crippen LogP contribution >= 0.6 is 29.6 Å². The number of rotatable bonds is 9. The van der Waals surface area contributed by atoms with Crippen LogP contribution in [0.15, 0.2) is 36.5 Å². The second-order valence-corrected chi connectivity index (χ2v) is 11.5. The SMILES string of the molecule is COc1cc2c(cc1Nc1ncc(Cl)c(Nc3ccc(OC4COC4)cc3OP(C)C)n1)CN(C)CC2.P. The first kappa shape index (κ1) is 28.6. The van der Waals surface area contributed by atoms with Crippen LogP contribution in [0.2, 0.25) is 5.02 Å². The molecule has 1 unspecified atom stereocenters. The fraction of sp³-hybridized carbons (Fsp3) is 0.385. The molecule has 2 aromatic carbocycles. The highest BCUT2D eigenvalue weighted by molar-refractivity contribution is 7.51. The van der Waals surface area contributed by atoms with Crippen molar-refractivity contribution in [3.8, 4) is 17.2 Å². The van der Waals surface area contributed by atoms with E-state index in [4.69, 9.17) is 30.3 Å². The highest BCUT2D eigenvalue weighted by Gasteiger charge is 2.21. The quantitative estimate of drug-likeness (QED) is 0.321. The Morgan fingerprint density at radius 1 is 1.08 bits per heavy atom. The fourth-order valence-electron chi connectivity index (χ4n) is 4.18. The third-order valence-electron chi connectivity index (χ3n) is 6.11. The predicted octanol–water partition coefficient (Wildman–Crippen LogP) is 5.48. The van der Waals surface area contributed by atoms with Gasteiger partial charge in [-0.1, -0.05) is 11.6 Å². The fourth-order valence-corrected chi connectivity index (χ4v) is 4.87. The summed E-state index contributed by atoms with van der Waals surface area (Å²) in [7, 11) is 3.13. The maximum absolute atomic E-state index is 6.48. The maximum atomic E-state index is 6.48. The number of nitrogens with zero attached hydrogens (tertiary/aromatic N) is 3. The van der Waals surface area contributed by atoms with Crippen LogP contribution < -0.4 is 24.6 Å². The zero-order chi connectivity index (χ0) is 25.9. The van der Waals surface area contributed by atoms with Crippen molar-refractivity contribution in [1.82, 2.24) is 14.9 Å². The molecule has 0 radical (unpaired) electrons. The molecule has 0 amide bonds. The first-order chi connectivity index (χ1) is 17.9. The molecule has 0 aliphatic carbocycles. The van der Waals surface area contributed by atoms with Crippen molar-refractivity contribution in [2.45, 2.75) is 19.1 Å². The summed E-state index contributed by atoms with van der Waals surface area (Å²) in [6.45, 7) is 7.19. The Kier molecular flexibility index (Phi) is 9.50. The number of halogens is 1. The van der Waals surface area contributed by atoms with E-state index in [9.17, 15) is 0 Å². The Labute approximate surface area is 233 Å². The summed E-state index contributed by atoms with van der Waals surface area (Å²) in [5.41, 5.74) is 4.10. The zero-order valence-corrected chi connectivity index (χ0v) is 25.1. The molecule has 38 heavy (non-hydrogen) atoms. The van der Waals surface area contributed by atoms with Crippen molar-refractivity contribution in [2.75, 3.05) is 57.9 Å². The standard InChI is InChI=1S/C26H31ClN5O4P.H3P/c1-32-8-7-16-10-23(33-2)22(9-17(16)13-32)30-26-28-12-20(27)25(31-26)29-21-6-5-18(35-19-14-34-15-19)11-24(21)36-37(3)4;/h5-6,9-12,19H,7-8,13-15H2,1-4H3,(H2,28,29,30,31);1H3. The van der Waals surface area contributed by atoms with Crippen molar-refractivity contribution in [2.24, 2.45) is 0 Å². The molecule has 1 atom stereocenters. The Morgan fingerprint density at radius 2 is 1.89 bits per heavy atom. The predicted molar refractivity (Wildman–Crippen MR) is 159 cm³/mol. The third kappa shape index (κ3) is 6.77. The second-order valence-electron chi connectivity index (χ2n) is 9.29. The number of methoxy groups -OCH3 is 1. The molecule has 12 heteroatoms. The van der Waals surface area contributed by atoms with Gasteiger partial charge in [0.25, 0.3) is 0 Å². The lowest BCUT2D eigenvalue weighted by atomic mass is 9.99.